The summed E-state index contributed by atoms with van der Waals surface area (Å²) in [5.74, 6) is 0. The highest BCUT2D eigenvalue weighted by molar-refractivity contribution is 9.10. The second-order valence-corrected chi connectivity index (χ2v) is 4.32. The third kappa shape index (κ3) is 1.43. The number of halogens is 1. The Balaban J connectivity index is 3.05. The normalized spacial score (nSPS) is 12.0. The van der Waals surface area contributed by atoms with Gasteiger partial charge in [-0.15, -0.1) is 0 Å². The molecule has 1 rings (SSSR count). The smallest absolute Gasteiger partial charge is 0.0387 e. The van der Waals surface area contributed by atoms with Crippen molar-refractivity contribution in [3.8, 4) is 0 Å². The molecule has 0 bridgehead atoms. The van der Waals surface area contributed by atoms with Crippen LogP contribution in [0.3, 0.4) is 0 Å². The monoisotopic (exact) mass is 201 g/mol. The molecule has 1 N–H and O–H groups in total. The van der Waals surface area contributed by atoms with Crippen molar-refractivity contribution in [1.82, 2.24) is 4.98 Å². The zero-order valence-corrected chi connectivity index (χ0v) is 8.12. The Hall–Kier alpha value is -0.240. The minimum atomic E-state index is 0.235. The summed E-state index contributed by atoms with van der Waals surface area (Å²) in [4.78, 5) is 3.06. The molecule has 0 amide bonds. The summed E-state index contributed by atoms with van der Waals surface area (Å²) in [5.41, 5.74) is 1.56. The lowest BCUT2D eigenvalue weighted by molar-refractivity contribution is 0.588. The van der Waals surface area contributed by atoms with Gasteiger partial charge in [0.1, 0.15) is 0 Å². The van der Waals surface area contributed by atoms with Crippen LogP contribution in [0.4, 0.5) is 0 Å². The number of rotatable bonds is 0. The second kappa shape index (κ2) is 2.42. The van der Waals surface area contributed by atoms with Crippen molar-refractivity contribution in [3.63, 3.8) is 0 Å². The van der Waals surface area contributed by atoms with Crippen LogP contribution in [0.2, 0.25) is 0 Å². The van der Waals surface area contributed by atoms with E-state index in [9.17, 15) is 0 Å². The third-order valence-corrected chi connectivity index (χ3v) is 2.16. The van der Waals surface area contributed by atoms with Crippen LogP contribution in [-0.2, 0) is 5.41 Å². The molecule has 1 nitrogen and oxygen atoms in total. The van der Waals surface area contributed by atoms with Gasteiger partial charge < -0.3 is 4.98 Å². The quantitative estimate of drug-likeness (QED) is 0.665. The first kappa shape index (κ1) is 7.86. The Morgan fingerprint density at radius 2 is 1.90 bits per heavy atom. The molecule has 0 fully saturated rings. The number of nitrogens with one attached hydrogen (secondary N) is 1. The highest BCUT2D eigenvalue weighted by atomic mass is 79.9. The van der Waals surface area contributed by atoms with Crippen molar-refractivity contribution in [2.45, 2.75) is 26.2 Å². The van der Waals surface area contributed by atoms with E-state index in [0.29, 0.717) is 0 Å². The lowest BCUT2D eigenvalue weighted by Gasteiger charge is -2.16. The third-order valence-electron chi connectivity index (χ3n) is 1.50. The van der Waals surface area contributed by atoms with Crippen LogP contribution in [-0.4, -0.2) is 4.98 Å². The van der Waals surface area contributed by atoms with E-state index in [2.05, 4.69) is 41.7 Å². The molecule has 2 heteroatoms. The van der Waals surface area contributed by atoms with Gasteiger partial charge >= 0.3 is 0 Å². The molecule has 0 saturated carbocycles. The summed E-state index contributed by atoms with van der Waals surface area (Å²) in [5, 5.41) is 0. The first-order valence-electron chi connectivity index (χ1n) is 3.34. The lowest BCUT2D eigenvalue weighted by Crippen LogP contribution is -2.09. The minimum absolute atomic E-state index is 0.235. The molecule has 1 aromatic rings. The Bertz CT molecular complexity index is 219. The fraction of sp³-hybridized carbons (Fsp3) is 0.500. The summed E-state index contributed by atoms with van der Waals surface area (Å²) < 4.78 is 1.17. The molecule has 0 spiro atoms. The molecule has 0 aliphatic carbocycles. The van der Waals surface area contributed by atoms with E-state index in [1.807, 2.05) is 12.4 Å². The molecule has 1 aromatic heterocycles. The highest BCUT2D eigenvalue weighted by Gasteiger charge is 2.16. The summed E-state index contributed by atoms with van der Waals surface area (Å²) in [6, 6.07) is 0. The summed E-state index contributed by atoms with van der Waals surface area (Å²) in [6.45, 7) is 6.59. The van der Waals surface area contributed by atoms with Crippen LogP contribution in [0.15, 0.2) is 16.9 Å². The molecule has 0 aliphatic heterocycles. The van der Waals surface area contributed by atoms with Crippen LogP contribution in [0.25, 0.3) is 0 Å². The van der Waals surface area contributed by atoms with Crippen LogP contribution < -0.4 is 0 Å². The largest absolute Gasteiger partial charge is 0.366 e. The van der Waals surface area contributed by atoms with Crippen molar-refractivity contribution in [3.05, 3.63) is 22.4 Å². The maximum absolute atomic E-state index is 3.47. The molecule has 56 valence electrons. The maximum Gasteiger partial charge on any atom is 0.0387 e. The van der Waals surface area contributed by atoms with E-state index in [1.54, 1.807) is 0 Å². The SMILES string of the molecule is CC(C)(C)c1c[nH]cc1Br. The lowest BCUT2D eigenvalue weighted by atomic mass is 9.89. The Morgan fingerprint density at radius 3 is 2.10 bits per heavy atom. The van der Waals surface area contributed by atoms with Gasteiger partial charge in [0.15, 0.2) is 0 Å². The number of hydrogen-bond donors (Lipinski definition) is 1. The van der Waals surface area contributed by atoms with Crippen LogP contribution in [0, 0.1) is 0 Å². The van der Waals surface area contributed by atoms with Gasteiger partial charge in [0.25, 0.3) is 0 Å². The minimum Gasteiger partial charge on any atom is -0.366 e. The molecule has 0 saturated heterocycles. The van der Waals surface area contributed by atoms with Crippen molar-refractivity contribution in [2.75, 3.05) is 0 Å². The van der Waals surface area contributed by atoms with Crippen molar-refractivity contribution in [1.29, 1.82) is 0 Å². The predicted molar refractivity (Wildman–Crippen MR) is 47.2 cm³/mol. The Labute approximate surface area is 70.0 Å². The van der Waals surface area contributed by atoms with E-state index in [1.165, 1.54) is 10.0 Å². The predicted octanol–water partition coefficient (Wildman–Crippen LogP) is 3.07. The molecule has 0 unspecified atom stereocenters. The van der Waals surface area contributed by atoms with Gasteiger partial charge in [-0.25, -0.2) is 0 Å². The van der Waals surface area contributed by atoms with E-state index in [0.717, 1.165) is 0 Å². The van der Waals surface area contributed by atoms with E-state index in [4.69, 9.17) is 0 Å². The first-order valence-corrected chi connectivity index (χ1v) is 4.14. The van der Waals surface area contributed by atoms with E-state index < -0.39 is 0 Å². The fourth-order valence-corrected chi connectivity index (χ4v) is 1.76. The molecular formula is C8H12BrN. The number of H-pyrrole nitrogens is 1. The van der Waals surface area contributed by atoms with Crippen LogP contribution in [0.1, 0.15) is 26.3 Å². The van der Waals surface area contributed by atoms with Gasteiger partial charge in [-0.2, -0.15) is 0 Å². The fourth-order valence-electron chi connectivity index (χ4n) is 0.920. The first-order chi connectivity index (χ1) is 4.52. The standard InChI is InChI=1S/C8H12BrN/c1-8(2,3)6-4-10-5-7(6)9/h4-5,10H,1-3H3. The molecule has 0 aromatic carbocycles. The Kier molecular flexibility index (Phi) is 1.90. The molecule has 0 atom stereocenters. The van der Waals surface area contributed by atoms with Crippen LogP contribution in [0.5, 0.6) is 0 Å². The van der Waals surface area contributed by atoms with Gasteiger partial charge in [0.05, 0.1) is 0 Å². The highest BCUT2D eigenvalue weighted by Crippen LogP contribution is 2.28. The van der Waals surface area contributed by atoms with Crippen molar-refractivity contribution < 1.29 is 0 Å². The van der Waals surface area contributed by atoms with Gasteiger partial charge in [-0.05, 0) is 26.9 Å². The van der Waals surface area contributed by atoms with Crippen LogP contribution >= 0.6 is 15.9 Å². The number of aromatic nitrogens is 1. The maximum atomic E-state index is 3.47. The molecule has 10 heavy (non-hydrogen) atoms. The average molecular weight is 202 g/mol. The number of hydrogen-bond acceptors (Lipinski definition) is 0. The van der Waals surface area contributed by atoms with Crippen molar-refractivity contribution >= 4 is 15.9 Å². The molecular weight excluding hydrogens is 190 g/mol. The summed E-state index contributed by atoms with van der Waals surface area (Å²) >= 11 is 3.47. The van der Waals surface area contributed by atoms with E-state index >= 15 is 0 Å². The number of aromatic amines is 1. The topological polar surface area (TPSA) is 15.8 Å². The van der Waals surface area contributed by atoms with Crippen molar-refractivity contribution in [2.24, 2.45) is 0 Å². The summed E-state index contributed by atoms with van der Waals surface area (Å²) in [6.07, 6.45) is 3.99. The van der Waals surface area contributed by atoms with Gasteiger partial charge in [-0.1, -0.05) is 20.8 Å². The zero-order valence-electron chi connectivity index (χ0n) is 6.53. The summed E-state index contributed by atoms with van der Waals surface area (Å²) in [7, 11) is 0. The molecule has 0 aliphatic rings. The zero-order chi connectivity index (χ0) is 7.78. The van der Waals surface area contributed by atoms with Gasteiger partial charge in [0, 0.05) is 16.9 Å². The van der Waals surface area contributed by atoms with E-state index in [-0.39, 0.29) is 5.41 Å². The van der Waals surface area contributed by atoms with Gasteiger partial charge in [-0.3, -0.25) is 0 Å². The van der Waals surface area contributed by atoms with Gasteiger partial charge in [0.2, 0.25) is 0 Å². The molecule has 1 heterocycles. The average Bonchev–Trinajstić information content (AvgIpc) is 2.11. The Morgan fingerprint density at radius 1 is 1.30 bits per heavy atom. The molecule has 0 radical (unpaired) electrons. The second-order valence-electron chi connectivity index (χ2n) is 3.47.